The smallest absolute Gasteiger partial charge is 0.282 e. The summed E-state index contributed by atoms with van der Waals surface area (Å²) in [6, 6.07) is 8.45. The number of non-ortho nitro benzene ring substituents is 1. The fourth-order valence-electron chi connectivity index (χ4n) is 1.98. The van der Waals surface area contributed by atoms with Crippen LogP contribution in [0.5, 0.6) is 0 Å². The number of rotatable bonds is 5. The van der Waals surface area contributed by atoms with Gasteiger partial charge in [0.2, 0.25) is 0 Å². The van der Waals surface area contributed by atoms with Crippen LogP contribution in [0.3, 0.4) is 0 Å². The number of hydrogen-bond acceptors (Lipinski definition) is 6. The average Bonchev–Trinajstić information content (AvgIpc) is 2.46. The van der Waals surface area contributed by atoms with Gasteiger partial charge in [-0.3, -0.25) is 24.8 Å². The summed E-state index contributed by atoms with van der Waals surface area (Å²) in [5.41, 5.74) is 0.0230. The molecule has 0 spiro atoms. The first-order valence-corrected chi connectivity index (χ1v) is 7.60. The van der Waals surface area contributed by atoms with E-state index in [0.29, 0.717) is 5.56 Å². The quantitative estimate of drug-likeness (QED) is 0.501. The van der Waals surface area contributed by atoms with E-state index in [0.717, 1.165) is 12.1 Å². The van der Waals surface area contributed by atoms with Gasteiger partial charge < -0.3 is 0 Å². The molecule has 2 rings (SSSR count). The highest BCUT2D eigenvalue weighted by Crippen LogP contribution is 2.27. The third kappa shape index (κ3) is 3.87. The largest absolute Gasteiger partial charge is 0.294 e. The van der Waals surface area contributed by atoms with Gasteiger partial charge in [-0.2, -0.15) is 8.42 Å². The number of nitro benzene ring substituents is 2. The summed E-state index contributed by atoms with van der Waals surface area (Å²) in [5, 5.41) is 21.7. The van der Waals surface area contributed by atoms with Crippen molar-refractivity contribution in [2.24, 2.45) is 0 Å². The molecule has 0 atom stereocenters. The van der Waals surface area contributed by atoms with Crippen LogP contribution in [-0.4, -0.2) is 22.8 Å². The number of hydrogen-bond donors (Lipinski definition) is 1. The summed E-state index contributed by atoms with van der Waals surface area (Å²) in [7, 11) is -4.31. The zero-order chi connectivity index (χ0) is 17.2. The minimum Gasteiger partial charge on any atom is -0.282 e. The lowest BCUT2D eigenvalue weighted by Gasteiger charge is -2.04. The molecule has 23 heavy (non-hydrogen) atoms. The molecular formula is C13H10N2O7S. The maximum Gasteiger partial charge on any atom is 0.294 e. The van der Waals surface area contributed by atoms with E-state index >= 15 is 0 Å². The highest BCUT2D eigenvalue weighted by atomic mass is 32.2. The predicted molar refractivity (Wildman–Crippen MR) is 78.8 cm³/mol. The molecule has 10 heteroatoms. The standard InChI is InChI=1S/C13H10N2O7S/c16-14(17)11-4-3-10(13(8-11)15(18)19)7-9-1-5-12(6-2-9)23(20,21)22/h1-6,8H,7H2,(H,20,21,22). The molecule has 1 N–H and O–H groups in total. The van der Waals surface area contributed by atoms with Gasteiger partial charge in [-0.15, -0.1) is 0 Å². The Kier molecular flexibility index (Phi) is 4.38. The van der Waals surface area contributed by atoms with Crippen molar-refractivity contribution in [2.75, 3.05) is 0 Å². The van der Waals surface area contributed by atoms with E-state index in [4.69, 9.17) is 4.55 Å². The van der Waals surface area contributed by atoms with E-state index in [1.54, 1.807) is 0 Å². The maximum atomic E-state index is 11.0. The summed E-state index contributed by atoms with van der Waals surface area (Å²) >= 11 is 0. The van der Waals surface area contributed by atoms with Crippen LogP contribution < -0.4 is 0 Å². The Morgan fingerprint density at radius 3 is 2.04 bits per heavy atom. The van der Waals surface area contributed by atoms with Gasteiger partial charge in [-0.05, 0) is 23.8 Å². The highest BCUT2D eigenvalue weighted by Gasteiger charge is 2.19. The van der Waals surface area contributed by atoms with Gasteiger partial charge in [0.05, 0.1) is 20.8 Å². The summed E-state index contributed by atoms with van der Waals surface area (Å²) < 4.78 is 30.8. The molecule has 0 radical (unpaired) electrons. The Hall–Kier alpha value is -2.85. The maximum absolute atomic E-state index is 11.0. The number of benzene rings is 2. The van der Waals surface area contributed by atoms with E-state index in [-0.39, 0.29) is 22.6 Å². The third-order valence-corrected chi connectivity index (χ3v) is 3.96. The molecule has 0 aromatic heterocycles. The fourth-order valence-corrected chi connectivity index (χ4v) is 2.46. The topological polar surface area (TPSA) is 141 Å². The molecule has 0 amide bonds. The van der Waals surface area contributed by atoms with Crippen LogP contribution in [-0.2, 0) is 16.5 Å². The van der Waals surface area contributed by atoms with E-state index in [1.807, 2.05) is 0 Å². The predicted octanol–water partition coefficient (Wildman–Crippen LogP) is 2.34. The molecule has 0 bridgehead atoms. The van der Waals surface area contributed by atoms with Crippen molar-refractivity contribution < 1.29 is 22.8 Å². The number of nitro groups is 2. The van der Waals surface area contributed by atoms with E-state index in [9.17, 15) is 28.6 Å². The van der Waals surface area contributed by atoms with Crippen LogP contribution in [0, 0.1) is 20.2 Å². The second-order valence-electron chi connectivity index (χ2n) is 4.62. The molecular weight excluding hydrogens is 328 g/mol. The van der Waals surface area contributed by atoms with Crippen molar-refractivity contribution in [3.05, 3.63) is 73.8 Å². The Morgan fingerprint density at radius 1 is 0.957 bits per heavy atom. The van der Waals surface area contributed by atoms with Crippen molar-refractivity contribution in [3.8, 4) is 0 Å². The average molecular weight is 338 g/mol. The first kappa shape index (κ1) is 16.5. The Labute approximate surface area is 130 Å². The molecule has 0 saturated heterocycles. The third-order valence-electron chi connectivity index (χ3n) is 3.09. The Balaban J connectivity index is 2.36. The Morgan fingerprint density at radius 2 is 1.57 bits per heavy atom. The molecule has 2 aromatic carbocycles. The molecule has 9 nitrogen and oxygen atoms in total. The van der Waals surface area contributed by atoms with Gasteiger partial charge in [0, 0.05) is 18.1 Å². The van der Waals surface area contributed by atoms with Gasteiger partial charge in [0.1, 0.15) is 0 Å². The lowest BCUT2D eigenvalue weighted by Crippen LogP contribution is -2.00. The van der Waals surface area contributed by atoms with Gasteiger partial charge in [0.25, 0.3) is 21.5 Å². The van der Waals surface area contributed by atoms with Gasteiger partial charge in [-0.25, -0.2) is 0 Å². The van der Waals surface area contributed by atoms with Crippen LogP contribution in [0.25, 0.3) is 0 Å². The summed E-state index contributed by atoms with van der Waals surface area (Å²) in [6.07, 6.45) is 0.0834. The van der Waals surface area contributed by atoms with Crippen LogP contribution in [0.15, 0.2) is 47.4 Å². The van der Waals surface area contributed by atoms with Crippen LogP contribution in [0.1, 0.15) is 11.1 Å². The zero-order valence-electron chi connectivity index (χ0n) is 11.4. The van der Waals surface area contributed by atoms with Crippen LogP contribution in [0.2, 0.25) is 0 Å². The molecule has 0 fully saturated rings. The van der Waals surface area contributed by atoms with Crippen molar-refractivity contribution in [1.29, 1.82) is 0 Å². The van der Waals surface area contributed by atoms with Crippen molar-refractivity contribution >= 4 is 21.5 Å². The summed E-state index contributed by atoms with van der Waals surface area (Å²) in [5.74, 6) is 0. The van der Waals surface area contributed by atoms with E-state index < -0.39 is 25.7 Å². The van der Waals surface area contributed by atoms with E-state index in [1.165, 1.54) is 30.3 Å². The summed E-state index contributed by atoms with van der Waals surface area (Å²) in [6.45, 7) is 0. The second kappa shape index (κ2) is 6.10. The van der Waals surface area contributed by atoms with Crippen LogP contribution >= 0.6 is 0 Å². The molecule has 0 saturated carbocycles. The Bertz CT molecular complexity index is 876. The van der Waals surface area contributed by atoms with Gasteiger partial charge in [0.15, 0.2) is 0 Å². The molecule has 2 aromatic rings. The minimum absolute atomic E-state index is 0.0834. The minimum atomic E-state index is -4.31. The first-order valence-electron chi connectivity index (χ1n) is 6.16. The lowest BCUT2D eigenvalue weighted by atomic mass is 10.0. The molecule has 0 aliphatic carbocycles. The molecule has 0 aliphatic heterocycles. The zero-order valence-corrected chi connectivity index (χ0v) is 12.3. The van der Waals surface area contributed by atoms with Gasteiger partial charge in [-0.1, -0.05) is 12.1 Å². The molecule has 0 aliphatic rings. The van der Waals surface area contributed by atoms with Crippen molar-refractivity contribution in [2.45, 2.75) is 11.3 Å². The second-order valence-corrected chi connectivity index (χ2v) is 6.04. The highest BCUT2D eigenvalue weighted by molar-refractivity contribution is 7.85. The van der Waals surface area contributed by atoms with Crippen molar-refractivity contribution in [1.82, 2.24) is 0 Å². The summed E-state index contributed by atoms with van der Waals surface area (Å²) in [4.78, 5) is 20.0. The molecule has 120 valence electrons. The fraction of sp³-hybridized carbons (Fsp3) is 0.0769. The lowest BCUT2D eigenvalue weighted by molar-refractivity contribution is -0.394. The number of nitrogens with zero attached hydrogens (tertiary/aromatic N) is 2. The van der Waals surface area contributed by atoms with Gasteiger partial charge >= 0.3 is 0 Å². The molecule has 0 heterocycles. The molecule has 0 unspecified atom stereocenters. The SMILES string of the molecule is O=[N+]([O-])c1ccc(Cc2ccc(S(=O)(=O)O)cc2)c([N+](=O)[O-])c1. The van der Waals surface area contributed by atoms with Crippen molar-refractivity contribution in [3.63, 3.8) is 0 Å². The van der Waals surface area contributed by atoms with E-state index in [2.05, 4.69) is 0 Å². The monoisotopic (exact) mass is 338 g/mol. The normalized spacial score (nSPS) is 11.2. The van der Waals surface area contributed by atoms with Crippen LogP contribution in [0.4, 0.5) is 11.4 Å². The first-order chi connectivity index (χ1) is 10.7.